The molecule has 0 heterocycles. The minimum atomic E-state index is -3.12. The highest BCUT2D eigenvalue weighted by Crippen LogP contribution is 2.35. The van der Waals surface area contributed by atoms with Gasteiger partial charge in [0.25, 0.3) is 0 Å². The maximum Gasteiger partial charge on any atom is 0.165 e. The van der Waals surface area contributed by atoms with E-state index in [-0.39, 0.29) is 12.4 Å². The maximum absolute atomic E-state index is 11.7. The summed E-state index contributed by atoms with van der Waals surface area (Å²) in [4.78, 5) is 0. The Morgan fingerprint density at radius 2 is 2.00 bits per heavy atom. The van der Waals surface area contributed by atoms with Gasteiger partial charge in [-0.25, -0.2) is 8.42 Å². The highest BCUT2D eigenvalue weighted by Gasteiger charge is 2.18. The molecule has 1 aromatic rings. The molecular formula is C13H18BrClO4S. The largest absolute Gasteiger partial charge is 0.493 e. The molecule has 114 valence electrons. The average Bonchev–Trinajstić information content (AvgIpc) is 2.39. The highest BCUT2D eigenvalue weighted by atomic mass is 79.9. The molecule has 0 aliphatic heterocycles. The molecule has 0 amide bonds. The van der Waals surface area contributed by atoms with E-state index in [1.807, 2.05) is 0 Å². The van der Waals surface area contributed by atoms with E-state index in [0.717, 1.165) is 5.56 Å². The minimum Gasteiger partial charge on any atom is -0.493 e. The molecule has 0 atom stereocenters. The molecule has 0 aliphatic carbocycles. The lowest BCUT2D eigenvalue weighted by molar-refractivity contribution is 0.309. The molecule has 0 bridgehead atoms. The van der Waals surface area contributed by atoms with E-state index >= 15 is 0 Å². The Kier molecular flexibility index (Phi) is 6.61. The molecule has 7 heteroatoms. The second-order valence-corrected chi connectivity index (χ2v) is 8.17. The van der Waals surface area contributed by atoms with Crippen LogP contribution in [0.5, 0.6) is 11.5 Å². The van der Waals surface area contributed by atoms with Gasteiger partial charge in [-0.3, -0.25) is 0 Å². The van der Waals surface area contributed by atoms with Crippen molar-refractivity contribution >= 4 is 37.4 Å². The normalized spacial score (nSPS) is 11.7. The Balaban J connectivity index is 2.87. The van der Waals surface area contributed by atoms with E-state index < -0.39 is 15.1 Å². The van der Waals surface area contributed by atoms with Gasteiger partial charge in [-0.2, -0.15) is 0 Å². The minimum absolute atomic E-state index is 0.0296. The second-order valence-electron chi connectivity index (χ2n) is 4.49. The molecule has 20 heavy (non-hydrogen) atoms. The summed E-state index contributed by atoms with van der Waals surface area (Å²) in [6.45, 7) is 3.39. The molecule has 0 spiro atoms. The molecule has 1 aromatic carbocycles. The fraction of sp³-hybridized carbons (Fsp3) is 0.538. The van der Waals surface area contributed by atoms with Crippen molar-refractivity contribution in [1.82, 2.24) is 0 Å². The predicted octanol–water partition coefficient (Wildman–Crippen LogP) is 3.45. The van der Waals surface area contributed by atoms with E-state index in [4.69, 9.17) is 21.1 Å². The molecule has 0 aliphatic rings. The molecule has 0 N–H and O–H groups in total. The number of ether oxygens (including phenoxy) is 2. The van der Waals surface area contributed by atoms with Gasteiger partial charge in [0.15, 0.2) is 21.3 Å². The van der Waals surface area contributed by atoms with Crippen LogP contribution >= 0.6 is 27.5 Å². The number of benzene rings is 1. The Bertz CT molecular complexity index is 532. The first-order chi connectivity index (χ1) is 9.31. The number of rotatable bonds is 7. The van der Waals surface area contributed by atoms with E-state index in [0.29, 0.717) is 21.9 Å². The summed E-state index contributed by atoms with van der Waals surface area (Å²) in [7, 11) is -1.60. The molecule has 0 radical (unpaired) electrons. The van der Waals surface area contributed by atoms with Crippen LogP contribution in [-0.4, -0.2) is 33.1 Å². The van der Waals surface area contributed by atoms with Crippen molar-refractivity contribution < 1.29 is 17.9 Å². The maximum atomic E-state index is 11.7. The lowest BCUT2D eigenvalue weighted by atomic mass is 10.2. The average molecular weight is 386 g/mol. The first kappa shape index (κ1) is 17.6. The Hall–Kier alpha value is -0.460. The Morgan fingerprint density at radius 1 is 1.35 bits per heavy atom. The summed E-state index contributed by atoms with van der Waals surface area (Å²) in [5.41, 5.74) is 0.816. The van der Waals surface area contributed by atoms with Gasteiger partial charge in [0.05, 0.1) is 18.1 Å². The van der Waals surface area contributed by atoms with Crippen molar-refractivity contribution in [2.75, 3.05) is 19.5 Å². The van der Waals surface area contributed by atoms with Crippen LogP contribution in [-0.2, 0) is 15.2 Å². The molecule has 4 nitrogen and oxygen atoms in total. The van der Waals surface area contributed by atoms with Crippen molar-refractivity contribution in [2.45, 2.75) is 24.4 Å². The monoisotopic (exact) mass is 384 g/mol. The zero-order chi connectivity index (χ0) is 15.3. The van der Waals surface area contributed by atoms with Crippen LogP contribution in [0.15, 0.2) is 12.1 Å². The lowest BCUT2D eigenvalue weighted by Gasteiger charge is -2.15. The second kappa shape index (κ2) is 7.52. The van der Waals surface area contributed by atoms with Gasteiger partial charge in [0.1, 0.15) is 6.61 Å². The van der Waals surface area contributed by atoms with E-state index in [1.165, 1.54) is 7.11 Å². The highest BCUT2D eigenvalue weighted by molar-refractivity contribution is 9.08. The number of sulfone groups is 1. The van der Waals surface area contributed by atoms with Crippen LogP contribution in [0.4, 0.5) is 0 Å². The summed E-state index contributed by atoms with van der Waals surface area (Å²) < 4.78 is 34.3. The number of hydrogen-bond donors (Lipinski definition) is 0. The van der Waals surface area contributed by atoms with Crippen LogP contribution in [0.25, 0.3) is 0 Å². The number of halogens is 2. The van der Waals surface area contributed by atoms with Gasteiger partial charge >= 0.3 is 0 Å². The zero-order valence-electron chi connectivity index (χ0n) is 11.7. The first-order valence-electron chi connectivity index (χ1n) is 6.08. The SMILES string of the molecule is COc1cc(Cl)cc(CBr)c1OCCS(=O)(=O)C(C)C. The fourth-order valence-corrected chi connectivity index (χ4v) is 2.97. The molecule has 0 unspecified atom stereocenters. The van der Waals surface area contributed by atoms with Gasteiger partial charge in [0, 0.05) is 22.0 Å². The summed E-state index contributed by atoms with van der Waals surface area (Å²) in [5.74, 6) is 0.986. The smallest absolute Gasteiger partial charge is 0.165 e. The number of hydrogen-bond acceptors (Lipinski definition) is 4. The van der Waals surface area contributed by atoms with Gasteiger partial charge in [-0.05, 0) is 19.9 Å². The third kappa shape index (κ3) is 4.53. The van der Waals surface area contributed by atoms with E-state index in [9.17, 15) is 8.42 Å². The molecule has 0 saturated heterocycles. The van der Waals surface area contributed by atoms with Crippen molar-refractivity contribution in [3.05, 3.63) is 22.7 Å². The summed E-state index contributed by atoms with van der Waals surface area (Å²) in [6, 6.07) is 3.39. The summed E-state index contributed by atoms with van der Waals surface area (Å²) >= 11 is 9.32. The number of methoxy groups -OCH3 is 1. The molecular weight excluding hydrogens is 368 g/mol. The zero-order valence-corrected chi connectivity index (χ0v) is 14.8. The molecule has 0 aromatic heterocycles. The first-order valence-corrected chi connectivity index (χ1v) is 9.30. The van der Waals surface area contributed by atoms with Gasteiger partial charge in [0.2, 0.25) is 0 Å². The van der Waals surface area contributed by atoms with Crippen molar-refractivity contribution in [3.8, 4) is 11.5 Å². The van der Waals surface area contributed by atoms with Crippen molar-refractivity contribution in [2.24, 2.45) is 0 Å². The third-order valence-corrected chi connectivity index (χ3v) is 5.79. The van der Waals surface area contributed by atoms with Gasteiger partial charge in [-0.1, -0.05) is 27.5 Å². The van der Waals surface area contributed by atoms with E-state index in [1.54, 1.807) is 26.0 Å². The summed E-state index contributed by atoms with van der Waals surface area (Å²) in [6.07, 6.45) is 0. The van der Waals surface area contributed by atoms with Crippen LogP contribution < -0.4 is 9.47 Å². The topological polar surface area (TPSA) is 52.6 Å². The molecule has 0 fully saturated rings. The fourth-order valence-electron chi connectivity index (χ4n) is 1.53. The van der Waals surface area contributed by atoms with Crippen LogP contribution in [0.3, 0.4) is 0 Å². The standard InChI is InChI=1S/C13H18BrClO4S/c1-9(2)20(16,17)5-4-19-13-10(8-14)6-11(15)7-12(13)18-3/h6-7,9H,4-5,8H2,1-3H3. The molecule has 1 rings (SSSR count). The van der Waals surface area contributed by atoms with E-state index in [2.05, 4.69) is 15.9 Å². The van der Waals surface area contributed by atoms with Crippen LogP contribution in [0, 0.1) is 0 Å². The molecule has 0 saturated carbocycles. The predicted molar refractivity (Wildman–Crippen MR) is 85.1 cm³/mol. The van der Waals surface area contributed by atoms with Crippen LogP contribution in [0.2, 0.25) is 5.02 Å². The van der Waals surface area contributed by atoms with Crippen LogP contribution in [0.1, 0.15) is 19.4 Å². The summed E-state index contributed by atoms with van der Waals surface area (Å²) in [5, 5.41) is 0.670. The number of alkyl halides is 1. The van der Waals surface area contributed by atoms with Crippen molar-refractivity contribution in [3.63, 3.8) is 0 Å². The van der Waals surface area contributed by atoms with Gasteiger partial charge in [-0.15, -0.1) is 0 Å². The quantitative estimate of drug-likeness (QED) is 0.675. The van der Waals surface area contributed by atoms with Gasteiger partial charge < -0.3 is 9.47 Å². The third-order valence-electron chi connectivity index (χ3n) is 2.79. The van der Waals surface area contributed by atoms with Crippen molar-refractivity contribution in [1.29, 1.82) is 0 Å². The Labute approximate surface area is 133 Å². The lowest BCUT2D eigenvalue weighted by Crippen LogP contribution is -2.22. The Morgan fingerprint density at radius 3 is 2.50 bits per heavy atom.